The zero-order chi connectivity index (χ0) is 19.8. The van der Waals surface area contributed by atoms with Gasteiger partial charge in [0, 0.05) is 11.5 Å². The highest BCUT2D eigenvalue weighted by atomic mass is 16.5. The summed E-state index contributed by atoms with van der Waals surface area (Å²) in [6, 6.07) is 26.3. The lowest BCUT2D eigenvalue weighted by atomic mass is 9.57. The van der Waals surface area contributed by atoms with Crippen molar-refractivity contribution in [3.63, 3.8) is 0 Å². The average molecular weight is 380 g/mol. The minimum atomic E-state index is -1.54. The Bertz CT molecular complexity index is 1030. The summed E-state index contributed by atoms with van der Waals surface area (Å²) < 4.78 is 6.37. The van der Waals surface area contributed by atoms with Crippen molar-refractivity contribution in [2.45, 2.75) is 11.5 Å². The van der Waals surface area contributed by atoms with Crippen LogP contribution in [0.3, 0.4) is 0 Å². The summed E-state index contributed by atoms with van der Waals surface area (Å²) in [6.07, 6.45) is 8.29. The van der Waals surface area contributed by atoms with Gasteiger partial charge < -0.3 is 14.8 Å². The Morgan fingerprint density at radius 2 is 1.38 bits per heavy atom. The molecule has 2 unspecified atom stereocenters. The first-order valence-corrected chi connectivity index (χ1v) is 9.84. The van der Waals surface area contributed by atoms with Gasteiger partial charge in [0.1, 0.15) is 11.9 Å². The smallest absolute Gasteiger partial charge is 0.485 e. The lowest BCUT2D eigenvalue weighted by Gasteiger charge is -2.49. The fraction of sp³-hybridized carbons (Fsp3) is 0.120. The first kappa shape index (κ1) is 18.0. The lowest BCUT2D eigenvalue weighted by Crippen LogP contribution is -2.49. The highest BCUT2D eigenvalue weighted by Crippen LogP contribution is 2.54. The van der Waals surface area contributed by atoms with E-state index in [0.29, 0.717) is 5.46 Å². The van der Waals surface area contributed by atoms with E-state index in [1.54, 1.807) is 6.07 Å². The van der Waals surface area contributed by atoms with E-state index in [9.17, 15) is 10.0 Å². The molecule has 1 aliphatic heterocycles. The molecule has 4 heteroatoms. The summed E-state index contributed by atoms with van der Waals surface area (Å²) in [5.74, 6) is 0.791. The van der Waals surface area contributed by atoms with Crippen LogP contribution in [0.2, 0.25) is 0 Å². The number of hydrogen-bond donors (Lipinski definition) is 2. The molecule has 0 aromatic heterocycles. The molecule has 3 nitrogen and oxygen atoms in total. The number of allylic oxidation sites excluding steroid dienone is 2. The molecule has 0 radical (unpaired) electrons. The van der Waals surface area contributed by atoms with Gasteiger partial charge in [0.2, 0.25) is 0 Å². The van der Waals surface area contributed by atoms with Crippen LogP contribution in [0.25, 0.3) is 0 Å². The third-order valence-corrected chi connectivity index (χ3v) is 6.03. The van der Waals surface area contributed by atoms with Crippen LogP contribution in [-0.2, 0) is 5.41 Å². The van der Waals surface area contributed by atoms with Crippen LogP contribution in [0.4, 0.5) is 0 Å². The van der Waals surface area contributed by atoms with Crippen molar-refractivity contribution in [1.29, 1.82) is 0 Å². The molecule has 0 spiro atoms. The van der Waals surface area contributed by atoms with E-state index in [-0.39, 0.29) is 12.0 Å². The highest BCUT2D eigenvalue weighted by molar-refractivity contribution is 6.58. The molecule has 1 heterocycles. The minimum absolute atomic E-state index is 0.0240. The first-order valence-electron chi connectivity index (χ1n) is 9.84. The molecule has 0 fully saturated rings. The Hall–Kier alpha value is -3.08. The van der Waals surface area contributed by atoms with Crippen LogP contribution in [0.5, 0.6) is 5.75 Å². The summed E-state index contributed by atoms with van der Waals surface area (Å²) in [5, 5.41) is 19.7. The molecule has 3 aromatic rings. The predicted molar refractivity (Wildman–Crippen MR) is 115 cm³/mol. The molecule has 29 heavy (non-hydrogen) atoms. The van der Waals surface area contributed by atoms with Crippen LogP contribution in [0, 0.1) is 5.92 Å². The third-order valence-electron chi connectivity index (χ3n) is 6.03. The van der Waals surface area contributed by atoms with Crippen LogP contribution < -0.4 is 10.2 Å². The van der Waals surface area contributed by atoms with Gasteiger partial charge in [0.25, 0.3) is 0 Å². The predicted octanol–water partition coefficient (Wildman–Crippen LogP) is 3.20. The first-order chi connectivity index (χ1) is 14.2. The maximum absolute atomic E-state index is 9.86. The Morgan fingerprint density at radius 1 is 0.759 bits per heavy atom. The molecule has 2 atom stereocenters. The van der Waals surface area contributed by atoms with Gasteiger partial charge in [-0.3, -0.25) is 0 Å². The maximum Gasteiger partial charge on any atom is 0.488 e. The van der Waals surface area contributed by atoms with Gasteiger partial charge in [-0.25, -0.2) is 0 Å². The summed E-state index contributed by atoms with van der Waals surface area (Å²) in [7, 11) is -1.54. The van der Waals surface area contributed by atoms with Crippen LogP contribution in [-0.4, -0.2) is 23.3 Å². The SMILES string of the molecule is OB(O)c1ccc2c(c1)C(c1ccccc1)(c1ccccc1)C1C=CC=CC1O2. The van der Waals surface area contributed by atoms with E-state index in [1.165, 1.54) is 0 Å². The number of hydrogen-bond acceptors (Lipinski definition) is 3. The Balaban J connectivity index is 1.90. The topological polar surface area (TPSA) is 49.7 Å². The zero-order valence-corrected chi connectivity index (χ0v) is 15.8. The molecule has 0 amide bonds. The molecule has 0 saturated carbocycles. The van der Waals surface area contributed by atoms with Gasteiger partial charge >= 0.3 is 7.12 Å². The third kappa shape index (κ3) is 2.76. The van der Waals surface area contributed by atoms with Gasteiger partial charge in [0.05, 0.1) is 5.41 Å². The van der Waals surface area contributed by atoms with E-state index in [2.05, 4.69) is 66.8 Å². The Morgan fingerprint density at radius 3 is 2.00 bits per heavy atom. The maximum atomic E-state index is 9.86. The van der Waals surface area contributed by atoms with Gasteiger partial charge in [0.15, 0.2) is 0 Å². The second-order valence-electron chi connectivity index (χ2n) is 7.55. The van der Waals surface area contributed by atoms with Gasteiger partial charge in [-0.2, -0.15) is 0 Å². The Labute approximate surface area is 170 Å². The number of rotatable bonds is 3. The standard InChI is InChI=1S/C25H21BO3/c27-26(28)20-15-16-24-22(17-20)25(18-9-3-1-4-10-18,19-11-5-2-6-12-19)21-13-7-8-14-23(21)29-24/h1-17,21,23,27-28H. The van der Waals surface area contributed by atoms with Crippen molar-refractivity contribution in [1.82, 2.24) is 0 Å². The highest BCUT2D eigenvalue weighted by Gasteiger charge is 2.51. The summed E-state index contributed by atoms with van der Waals surface area (Å²) in [5.41, 5.74) is 3.18. The van der Waals surface area contributed by atoms with Crippen molar-refractivity contribution < 1.29 is 14.8 Å². The fourth-order valence-corrected chi connectivity index (χ4v) is 4.80. The van der Waals surface area contributed by atoms with E-state index < -0.39 is 12.5 Å². The van der Waals surface area contributed by atoms with Crippen LogP contribution >= 0.6 is 0 Å². The second kappa shape index (κ2) is 7.07. The van der Waals surface area contributed by atoms with Crippen molar-refractivity contribution in [2.75, 3.05) is 0 Å². The molecule has 0 saturated heterocycles. The van der Waals surface area contributed by atoms with Crippen LogP contribution in [0.15, 0.2) is 103 Å². The molecule has 5 rings (SSSR count). The van der Waals surface area contributed by atoms with Gasteiger partial charge in [-0.1, -0.05) is 91.0 Å². The molecule has 0 bridgehead atoms. The lowest BCUT2D eigenvalue weighted by molar-refractivity contribution is 0.140. The molecule has 2 aliphatic rings. The summed E-state index contributed by atoms with van der Waals surface area (Å²) in [4.78, 5) is 0. The van der Waals surface area contributed by atoms with E-state index in [4.69, 9.17) is 4.74 Å². The van der Waals surface area contributed by atoms with Gasteiger partial charge in [-0.15, -0.1) is 0 Å². The zero-order valence-electron chi connectivity index (χ0n) is 15.8. The molecule has 3 aromatic carbocycles. The van der Waals surface area contributed by atoms with Gasteiger partial charge in [-0.05, 0) is 28.7 Å². The fourth-order valence-electron chi connectivity index (χ4n) is 4.80. The monoisotopic (exact) mass is 380 g/mol. The van der Waals surface area contributed by atoms with E-state index >= 15 is 0 Å². The Kier molecular flexibility index (Phi) is 4.38. The van der Waals surface area contributed by atoms with E-state index in [0.717, 1.165) is 22.4 Å². The summed E-state index contributed by atoms with van der Waals surface area (Å²) in [6.45, 7) is 0. The average Bonchev–Trinajstić information content (AvgIpc) is 2.78. The van der Waals surface area contributed by atoms with Crippen LogP contribution in [0.1, 0.15) is 16.7 Å². The molecule has 1 aliphatic carbocycles. The normalized spacial score (nSPS) is 21.0. The molecular weight excluding hydrogens is 359 g/mol. The molecule has 142 valence electrons. The van der Waals surface area contributed by atoms with Crippen molar-refractivity contribution >= 4 is 12.6 Å². The molecule has 2 N–H and O–H groups in total. The summed E-state index contributed by atoms with van der Waals surface area (Å²) >= 11 is 0. The minimum Gasteiger partial charge on any atom is -0.485 e. The van der Waals surface area contributed by atoms with Crippen molar-refractivity contribution in [3.05, 3.63) is 120 Å². The quantitative estimate of drug-likeness (QED) is 0.687. The molecular formula is C25H21BO3. The largest absolute Gasteiger partial charge is 0.488 e. The number of ether oxygens (including phenoxy) is 1. The van der Waals surface area contributed by atoms with Crippen molar-refractivity contribution in [2.24, 2.45) is 5.92 Å². The van der Waals surface area contributed by atoms with Crippen molar-refractivity contribution in [3.8, 4) is 5.75 Å². The van der Waals surface area contributed by atoms with E-state index in [1.807, 2.05) is 30.3 Å². The number of fused-ring (bicyclic) bond motifs is 2. The number of benzene rings is 3. The second-order valence-corrected chi connectivity index (χ2v) is 7.55.